The molecular weight excluding hydrogens is 450 g/mol. The lowest BCUT2D eigenvalue weighted by molar-refractivity contribution is -0.137. The molecule has 0 aliphatic carbocycles. The number of likely N-dealkylation sites (N-methyl/N-ethyl adjacent to an activating group) is 1. The van der Waals surface area contributed by atoms with Crippen LogP contribution in [-0.2, 0) is 6.18 Å². The van der Waals surface area contributed by atoms with Crippen LogP contribution in [0.4, 0.5) is 23.4 Å². The maximum absolute atomic E-state index is 14.1. The van der Waals surface area contributed by atoms with Gasteiger partial charge in [0.1, 0.15) is 11.6 Å². The molecule has 3 rings (SSSR count). The first-order chi connectivity index (χ1) is 16.2. The minimum Gasteiger partial charge on any atom is -0.366 e. The highest BCUT2D eigenvalue weighted by molar-refractivity contribution is 6.00. The molecule has 0 bridgehead atoms. The Morgan fingerprint density at radius 2 is 1.79 bits per heavy atom. The first kappa shape index (κ1) is 25.1. The van der Waals surface area contributed by atoms with Gasteiger partial charge < -0.3 is 10.2 Å². The fraction of sp³-hybridized carbons (Fsp3) is 0.333. The largest absolute Gasteiger partial charge is 0.417 e. The van der Waals surface area contributed by atoms with Crippen molar-refractivity contribution in [1.29, 1.82) is 0 Å². The van der Waals surface area contributed by atoms with Crippen molar-refractivity contribution in [2.45, 2.75) is 45.5 Å². The number of nitrogens with zero attached hydrogens (tertiary/aromatic N) is 4. The summed E-state index contributed by atoms with van der Waals surface area (Å²) in [6.45, 7) is 5.85. The molecule has 34 heavy (non-hydrogen) atoms. The molecule has 1 aromatic carbocycles. The zero-order valence-corrected chi connectivity index (χ0v) is 19.0. The molecule has 3 aromatic rings. The lowest BCUT2D eigenvalue weighted by Crippen LogP contribution is -2.48. The van der Waals surface area contributed by atoms with Crippen molar-refractivity contribution in [2.24, 2.45) is 0 Å². The molecule has 0 aliphatic heterocycles. The summed E-state index contributed by atoms with van der Waals surface area (Å²) in [7, 11) is 0. The van der Waals surface area contributed by atoms with Crippen LogP contribution >= 0.6 is 0 Å². The van der Waals surface area contributed by atoms with Gasteiger partial charge in [0.25, 0.3) is 5.91 Å². The number of aromatic nitrogens is 3. The van der Waals surface area contributed by atoms with Gasteiger partial charge in [-0.2, -0.15) is 13.2 Å². The van der Waals surface area contributed by atoms with Gasteiger partial charge in [0.2, 0.25) is 0 Å². The SMILES string of the molecule is CCC(C(C)Nc1ccc(C(F)(F)F)cn1)N(CC)C(=O)c1cc(F)ccc1-c1ncccn1. The lowest BCUT2D eigenvalue weighted by atomic mass is 10.0. The van der Waals surface area contributed by atoms with E-state index in [0.717, 1.165) is 12.3 Å². The van der Waals surface area contributed by atoms with Crippen molar-refractivity contribution in [1.82, 2.24) is 19.9 Å². The third-order valence-electron chi connectivity index (χ3n) is 5.48. The predicted molar refractivity (Wildman–Crippen MR) is 121 cm³/mol. The molecule has 2 aromatic heterocycles. The van der Waals surface area contributed by atoms with Gasteiger partial charge in [-0.05, 0) is 56.7 Å². The molecule has 0 saturated carbocycles. The second-order valence-corrected chi connectivity index (χ2v) is 7.69. The molecule has 6 nitrogen and oxygen atoms in total. The van der Waals surface area contributed by atoms with Crippen molar-refractivity contribution in [3.63, 3.8) is 0 Å². The van der Waals surface area contributed by atoms with Crippen LogP contribution in [-0.4, -0.2) is 44.4 Å². The number of benzene rings is 1. The zero-order chi connectivity index (χ0) is 24.9. The monoisotopic (exact) mass is 475 g/mol. The summed E-state index contributed by atoms with van der Waals surface area (Å²) in [6.07, 6.45) is -0.0942. The Hall–Kier alpha value is -3.56. The van der Waals surface area contributed by atoms with Crippen LogP contribution in [0.1, 0.15) is 43.1 Å². The summed E-state index contributed by atoms with van der Waals surface area (Å²) >= 11 is 0. The quantitative estimate of drug-likeness (QED) is 0.440. The summed E-state index contributed by atoms with van der Waals surface area (Å²) in [4.78, 5) is 27.4. The Labute approximate surface area is 195 Å². The van der Waals surface area contributed by atoms with E-state index in [0.29, 0.717) is 24.4 Å². The van der Waals surface area contributed by atoms with Gasteiger partial charge in [-0.25, -0.2) is 19.3 Å². The van der Waals surface area contributed by atoms with Crippen molar-refractivity contribution in [3.05, 3.63) is 71.9 Å². The highest BCUT2D eigenvalue weighted by atomic mass is 19.4. The fourth-order valence-electron chi connectivity index (χ4n) is 3.83. The third kappa shape index (κ3) is 5.67. The molecule has 0 fully saturated rings. The summed E-state index contributed by atoms with van der Waals surface area (Å²) in [5.74, 6) is -0.403. The number of anilines is 1. The molecule has 1 amide bonds. The van der Waals surface area contributed by atoms with Gasteiger partial charge in [-0.15, -0.1) is 0 Å². The van der Waals surface area contributed by atoms with Crippen molar-refractivity contribution in [2.75, 3.05) is 11.9 Å². The van der Waals surface area contributed by atoms with Gasteiger partial charge in [0, 0.05) is 36.7 Å². The van der Waals surface area contributed by atoms with Crippen molar-refractivity contribution < 1.29 is 22.4 Å². The number of carbonyl (C=O) groups excluding carboxylic acids is 1. The van der Waals surface area contributed by atoms with E-state index in [-0.39, 0.29) is 23.5 Å². The van der Waals surface area contributed by atoms with E-state index < -0.39 is 23.5 Å². The number of hydrogen-bond donors (Lipinski definition) is 1. The Balaban J connectivity index is 1.87. The smallest absolute Gasteiger partial charge is 0.366 e. The van der Waals surface area contributed by atoms with Crippen LogP contribution in [0.25, 0.3) is 11.4 Å². The van der Waals surface area contributed by atoms with Crippen LogP contribution in [0.3, 0.4) is 0 Å². The summed E-state index contributed by atoms with van der Waals surface area (Å²) in [5, 5.41) is 3.08. The summed E-state index contributed by atoms with van der Waals surface area (Å²) in [6, 6.07) is 7.02. The van der Waals surface area contributed by atoms with Gasteiger partial charge in [-0.3, -0.25) is 4.79 Å². The third-order valence-corrected chi connectivity index (χ3v) is 5.48. The molecule has 1 N–H and O–H groups in total. The second kappa shape index (κ2) is 10.6. The molecule has 0 radical (unpaired) electrons. The Bertz CT molecular complexity index is 1110. The predicted octanol–water partition coefficient (Wildman–Crippen LogP) is 5.44. The van der Waals surface area contributed by atoms with Crippen LogP contribution in [0.2, 0.25) is 0 Å². The summed E-state index contributed by atoms with van der Waals surface area (Å²) in [5.41, 5.74) is -0.304. The van der Waals surface area contributed by atoms with E-state index in [1.807, 2.05) is 20.8 Å². The Morgan fingerprint density at radius 3 is 2.35 bits per heavy atom. The molecule has 180 valence electrons. The molecule has 10 heteroatoms. The first-order valence-corrected chi connectivity index (χ1v) is 10.8. The molecule has 2 heterocycles. The van der Waals surface area contributed by atoms with Gasteiger partial charge in [0.05, 0.1) is 17.2 Å². The standard InChI is InChI=1S/C24H25F4N5O/c1-4-20(15(3)32-21-10-7-16(14-31-21)24(26,27)28)33(5-2)23(34)19-13-17(25)8-9-18(19)22-29-11-6-12-30-22/h6-15,20H,4-5H2,1-3H3,(H,31,32). The van der Waals surface area contributed by atoms with E-state index >= 15 is 0 Å². The lowest BCUT2D eigenvalue weighted by Gasteiger charge is -2.35. The minimum atomic E-state index is -4.47. The fourth-order valence-corrected chi connectivity index (χ4v) is 3.83. The number of alkyl halides is 3. The van der Waals surface area contributed by atoms with E-state index in [2.05, 4.69) is 20.3 Å². The van der Waals surface area contributed by atoms with Gasteiger partial charge >= 0.3 is 6.18 Å². The number of pyridine rings is 1. The number of amides is 1. The maximum atomic E-state index is 14.1. The number of hydrogen-bond acceptors (Lipinski definition) is 5. The average molecular weight is 475 g/mol. The molecule has 2 atom stereocenters. The second-order valence-electron chi connectivity index (χ2n) is 7.69. The normalized spacial score (nSPS) is 13.3. The Kier molecular flexibility index (Phi) is 7.80. The average Bonchev–Trinajstić information content (AvgIpc) is 2.82. The van der Waals surface area contributed by atoms with E-state index in [9.17, 15) is 22.4 Å². The summed E-state index contributed by atoms with van der Waals surface area (Å²) < 4.78 is 52.6. The van der Waals surface area contributed by atoms with Crippen LogP contribution < -0.4 is 5.32 Å². The van der Waals surface area contributed by atoms with Crippen molar-refractivity contribution >= 4 is 11.7 Å². The number of carbonyl (C=O) groups is 1. The Morgan fingerprint density at radius 1 is 1.09 bits per heavy atom. The number of nitrogens with one attached hydrogen (secondary N) is 1. The van der Waals surface area contributed by atoms with Crippen LogP contribution in [0.5, 0.6) is 0 Å². The maximum Gasteiger partial charge on any atom is 0.417 e. The molecule has 0 aliphatic rings. The van der Waals surface area contributed by atoms with Gasteiger partial charge in [0.15, 0.2) is 5.82 Å². The van der Waals surface area contributed by atoms with E-state index in [1.165, 1.54) is 36.7 Å². The molecule has 2 unspecified atom stereocenters. The van der Waals surface area contributed by atoms with Gasteiger partial charge in [-0.1, -0.05) is 6.92 Å². The highest BCUT2D eigenvalue weighted by Gasteiger charge is 2.32. The van der Waals surface area contributed by atoms with Crippen LogP contribution in [0, 0.1) is 5.82 Å². The number of rotatable bonds is 8. The van der Waals surface area contributed by atoms with E-state index in [1.54, 1.807) is 11.0 Å². The molecule has 0 saturated heterocycles. The van der Waals surface area contributed by atoms with Crippen LogP contribution in [0.15, 0.2) is 55.0 Å². The number of halogens is 4. The zero-order valence-electron chi connectivity index (χ0n) is 19.0. The van der Waals surface area contributed by atoms with Crippen molar-refractivity contribution in [3.8, 4) is 11.4 Å². The minimum absolute atomic E-state index is 0.131. The highest BCUT2D eigenvalue weighted by Crippen LogP contribution is 2.29. The first-order valence-electron chi connectivity index (χ1n) is 10.8. The molecular formula is C24H25F4N5O. The topological polar surface area (TPSA) is 71.0 Å². The van der Waals surface area contributed by atoms with E-state index in [4.69, 9.17) is 0 Å². The molecule has 0 spiro atoms.